The molecule has 1 amide bonds. The quantitative estimate of drug-likeness (QED) is 0.896. The number of carbonyl (C=O) groups is 1. The number of benzene rings is 1. The first-order valence-corrected chi connectivity index (χ1v) is 7.85. The van der Waals surface area contributed by atoms with Gasteiger partial charge in [0.25, 0.3) is 5.56 Å². The summed E-state index contributed by atoms with van der Waals surface area (Å²) in [5.74, 6) is 0.0288. The van der Waals surface area contributed by atoms with Crippen LogP contribution in [0.3, 0.4) is 0 Å². The van der Waals surface area contributed by atoms with Crippen molar-refractivity contribution >= 4 is 17.7 Å². The molecule has 1 aromatic carbocycles. The lowest BCUT2D eigenvalue weighted by Gasteiger charge is -2.38. The number of piperidine rings is 1. The van der Waals surface area contributed by atoms with Crippen molar-refractivity contribution in [2.45, 2.75) is 24.8 Å². The van der Waals surface area contributed by atoms with Crippen LogP contribution in [0.5, 0.6) is 0 Å². The number of carbonyl (C=O) groups excluding carboxylic acids is 1. The first kappa shape index (κ1) is 16.6. The molecule has 128 valence electrons. The zero-order valence-electron chi connectivity index (χ0n) is 12.9. The molecule has 1 aliphatic rings. The van der Waals surface area contributed by atoms with E-state index in [0.717, 1.165) is 0 Å². The van der Waals surface area contributed by atoms with E-state index >= 15 is 0 Å². The number of halogens is 2. The number of nitrogens with one attached hydrogen (secondary N) is 1. The molecular formula is C16H16ClFN2O4. The number of aromatic nitrogens is 1. The lowest BCUT2D eigenvalue weighted by molar-refractivity contribution is 0.0815. The predicted molar refractivity (Wildman–Crippen MR) is 84.6 cm³/mol. The van der Waals surface area contributed by atoms with Gasteiger partial charge in [-0.25, -0.2) is 9.18 Å². The third-order valence-electron chi connectivity index (χ3n) is 4.28. The van der Waals surface area contributed by atoms with Crippen molar-refractivity contribution < 1.29 is 18.4 Å². The number of methoxy groups -OCH3 is 1. The van der Waals surface area contributed by atoms with Crippen molar-refractivity contribution in [3.8, 4) is 0 Å². The highest BCUT2D eigenvalue weighted by Crippen LogP contribution is 2.41. The van der Waals surface area contributed by atoms with Crippen molar-refractivity contribution in [3.05, 3.63) is 56.8 Å². The molecule has 1 saturated heterocycles. The molecule has 0 aliphatic carbocycles. The van der Waals surface area contributed by atoms with E-state index in [0.29, 0.717) is 30.7 Å². The van der Waals surface area contributed by atoms with Crippen LogP contribution >= 0.6 is 11.6 Å². The second-order valence-corrected chi connectivity index (χ2v) is 6.09. The third-order valence-corrected chi connectivity index (χ3v) is 4.61. The van der Waals surface area contributed by atoms with Gasteiger partial charge in [0, 0.05) is 23.6 Å². The molecule has 2 heterocycles. The van der Waals surface area contributed by atoms with E-state index in [9.17, 15) is 14.0 Å². The van der Waals surface area contributed by atoms with E-state index in [2.05, 4.69) is 5.16 Å². The maximum Gasteiger partial charge on any atom is 0.409 e. The van der Waals surface area contributed by atoms with Gasteiger partial charge in [0.05, 0.1) is 13.2 Å². The van der Waals surface area contributed by atoms with Gasteiger partial charge in [-0.1, -0.05) is 17.7 Å². The van der Waals surface area contributed by atoms with E-state index in [1.165, 1.54) is 25.3 Å². The van der Waals surface area contributed by atoms with Crippen molar-refractivity contribution in [3.63, 3.8) is 0 Å². The summed E-state index contributed by atoms with van der Waals surface area (Å²) < 4.78 is 23.4. The molecule has 24 heavy (non-hydrogen) atoms. The lowest BCUT2D eigenvalue weighted by atomic mass is 9.86. The normalized spacial score (nSPS) is 20.9. The Kier molecular flexibility index (Phi) is 4.62. The van der Waals surface area contributed by atoms with E-state index in [4.69, 9.17) is 20.9 Å². The molecular weight excluding hydrogens is 339 g/mol. The number of rotatable bonds is 2. The molecule has 0 saturated carbocycles. The van der Waals surface area contributed by atoms with Gasteiger partial charge in [-0.05, 0) is 30.5 Å². The standard InChI is InChI=1S/C16H16ClFN2O4/c1-23-16(22)20-5-4-9(14-8-15(21)19-24-14)6-13(20)11-3-2-10(18)7-12(11)17/h2-3,7-9,13H,4-6H2,1H3,(H,19,21)/t9-,13-/m0/s1. The average molecular weight is 355 g/mol. The molecule has 1 aliphatic heterocycles. The van der Waals surface area contributed by atoms with Crippen molar-refractivity contribution in [1.82, 2.24) is 10.1 Å². The topological polar surface area (TPSA) is 75.5 Å². The van der Waals surface area contributed by atoms with Crippen LogP contribution in [0.15, 0.2) is 33.6 Å². The fourth-order valence-corrected chi connectivity index (χ4v) is 3.42. The number of aromatic amines is 1. The second-order valence-electron chi connectivity index (χ2n) is 5.68. The van der Waals surface area contributed by atoms with Crippen molar-refractivity contribution in [2.75, 3.05) is 13.7 Å². The fraction of sp³-hybridized carbons (Fsp3) is 0.375. The second kappa shape index (κ2) is 6.68. The minimum atomic E-state index is -0.477. The van der Waals surface area contributed by atoms with Gasteiger partial charge in [-0.2, -0.15) is 5.16 Å². The summed E-state index contributed by atoms with van der Waals surface area (Å²) in [6.45, 7) is 0.407. The molecule has 1 aromatic heterocycles. The molecule has 6 nitrogen and oxygen atoms in total. The minimum Gasteiger partial charge on any atom is -0.453 e. The van der Waals surface area contributed by atoms with Crippen LogP contribution in [0.1, 0.15) is 36.1 Å². The average Bonchev–Trinajstić information content (AvgIpc) is 3.00. The van der Waals surface area contributed by atoms with Crippen molar-refractivity contribution in [2.24, 2.45) is 0 Å². The SMILES string of the molecule is COC(=O)N1CC[C@H](c2cc(=O)[nH]o2)C[C@H]1c1ccc(F)cc1Cl. The highest BCUT2D eigenvalue weighted by molar-refractivity contribution is 6.31. The van der Waals surface area contributed by atoms with Crippen LogP contribution in [0.25, 0.3) is 0 Å². The summed E-state index contributed by atoms with van der Waals surface area (Å²) in [7, 11) is 1.31. The van der Waals surface area contributed by atoms with Crippen LogP contribution in [0.4, 0.5) is 9.18 Å². The van der Waals surface area contributed by atoms with Gasteiger partial charge in [0.15, 0.2) is 0 Å². The molecule has 1 fully saturated rings. The van der Waals surface area contributed by atoms with Gasteiger partial charge >= 0.3 is 6.09 Å². The van der Waals surface area contributed by atoms with Crippen molar-refractivity contribution in [1.29, 1.82) is 0 Å². The van der Waals surface area contributed by atoms with Crippen LogP contribution in [0, 0.1) is 5.82 Å². The molecule has 0 unspecified atom stereocenters. The van der Waals surface area contributed by atoms with Gasteiger partial charge in [-0.15, -0.1) is 0 Å². The van der Waals surface area contributed by atoms with Gasteiger partial charge in [0.1, 0.15) is 11.6 Å². The molecule has 1 N–H and O–H groups in total. The number of nitrogens with zero attached hydrogens (tertiary/aromatic N) is 1. The van der Waals surface area contributed by atoms with Gasteiger partial charge < -0.3 is 14.2 Å². The first-order chi connectivity index (χ1) is 11.5. The summed E-state index contributed by atoms with van der Waals surface area (Å²) in [5.41, 5.74) is 0.322. The Morgan fingerprint density at radius 1 is 1.46 bits per heavy atom. The Hall–Kier alpha value is -2.28. The molecule has 8 heteroatoms. The summed E-state index contributed by atoms with van der Waals surface area (Å²) in [4.78, 5) is 24.9. The maximum atomic E-state index is 13.3. The Labute approximate surface area is 142 Å². The fourth-order valence-electron chi connectivity index (χ4n) is 3.12. The molecule has 0 bridgehead atoms. The minimum absolute atomic E-state index is 0.0593. The third kappa shape index (κ3) is 3.17. The Balaban J connectivity index is 1.95. The summed E-state index contributed by atoms with van der Waals surface area (Å²) in [6, 6.07) is 5.09. The monoisotopic (exact) mass is 354 g/mol. The smallest absolute Gasteiger partial charge is 0.409 e. The number of H-pyrrole nitrogens is 1. The molecule has 2 atom stereocenters. The van der Waals surface area contributed by atoms with Crippen LogP contribution in [-0.4, -0.2) is 29.8 Å². The van der Waals surface area contributed by atoms with Gasteiger partial charge in [-0.3, -0.25) is 4.79 Å². The van der Waals surface area contributed by atoms with E-state index in [-0.39, 0.29) is 16.5 Å². The van der Waals surface area contributed by atoms with E-state index < -0.39 is 18.0 Å². The molecule has 0 spiro atoms. The summed E-state index contributed by atoms with van der Waals surface area (Å²) in [5, 5.41) is 2.51. The van der Waals surface area contributed by atoms with E-state index in [1.54, 1.807) is 11.0 Å². The predicted octanol–water partition coefficient (Wildman–Crippen LogP) is 3.45. The van der Waals surface area contributed by atoms with Crippen LogP contribution < -0.4 is 5.56 Å². The lowest BCUT2D eigenvalue weighted by Crippen LogP contribution is -2.40. The molecule has 2 aromatic rings. The number of hydrogen-bond acceptors (Lipinski definition) is 4. The number of likely N-dealkylation sites (tertiary alicyclic amines) is 1. The number of hydrogen-bond donors (Lipinski definition) is 1. The largest absolute Gasteiger partial charge is 0.453 e. The summed E-state index contributed by atoms with van der Waals surface area (Å²) in [6.07, 6.45) is 0.626. The van der Waals surface area contributed by atoms with Crippen LogP contribution in [0.2, 0.25) is 5.02 Å². The van der Waals surface area contributed by atoms with Gasteiger partial charge in [0.2, 0.25) is 0 Å². The maximum absolute atomic E-state index is 13.3. The Morgan fingerprint density at radius 2 is 2.25 bits per heavy atom. The zero-order valence-corrected chi connectivity index (χ0v) is 13.7. The highest BCUT2D eigenvalue weighted by atomic mass is 35.5. The highest BCUT2D eigenvalue weighted by Gasteiger charge is 2.36. The Bertz CT molecular complexity index is 803. The van der Waals surface area contributed by atoms with Crippen LogP contribution in [-0.2, 0) is 4.74 Å². The zero-order chi connectivity index (χ0) is 17.3. The summed E-state index contributed by atoms with van der Waals surface area (Å²) >= 11 is 6.18. The molecule has 0 radical (unpaired) electrons. The molecule has 3 rings (SSSR count). The number of ether oxygens (including phenoxy) is 1. The first-order valence-electron chi connectivity index (χ1n) is 7.47. The Morgan fingerprint density at radius 3 is 2.88 bits per heavy atom. The van der Waals surface area contributed by atoms with E-state index in [1.807, 2.05) is 0 Å². The number of amides is 1.